The van der Waals surface area contributed by atoms with E-state index in [0.29, 0.717) is 40.4 Å². The molecule has 2 atom stereocenters. The molecule has 3 aromatic rings. The van der Waals surface area contributed by atoms with Crippen LogP contribution in [0.4, 0.5) is 0 Å². The molecule has 3 rings (SSSR count). The minimum Gasteiger partial charge on any atom is -0.490 e. The zero-order valence-corrected chi connectivity index (χ0v) is 25.7. The van der Waals surface area contributed by atoms with Gasteiger partial charge >= 0.3 is 23.9 Å². The fourth-order valence-electron chi connectivity index (χ4n) is 3.72. The lowest BCUT2D eigenvalue weighted by Crippen LogP contribution is -2.37. The van der Waals surface area contributed by atoms with E-state index in [1.54, 1.807) is 81.4 Å². The number of carbonyl (C=O) groups is 4. The summed E-state index contributed by atoms with van der Waals surface area (Å²) in [4.78, 5) is 48.3. The Kier molecular flexibility index (Phi) is 12.1. The molecular formula is C35H36O10. The third-order valence-electron chi connectivity index (χ3n) is 6.51. The molecule has 45 heavy (non-hydrogen) atoms. The quantitative estimate of drug-likeness (QED) is 0.111. The Morgan fingerprint density at radius 1 is 0.778 bits per heavy atom. The molecule has 0 aliphatic carbocycles. The van der Waals surface area contributed by atoms with Gasteiger partial charge < -0.3 is 28.4 Å². The third-order valence-corrected chi connectivity index (χ3v) is 6.51. The molecule has 1 unspecified atom stereocenters. The Labute approximate surface area is 262 Å². The largest absolute Gasteiger partial charge is 0.490 e. The van der Waals surface area contributed by atoms with E-state index >= 15 is 0 Å². The first-order valence-corrected chi connectivity index (χ1v) is 14.1. The lowest BCUT2D eigenvalue weighted by Gasteiger charge is -2.27. The van der Waals surface area contributed by atoms with E-state index in [2.05, 4.69) is 13.2 Å². The van der Waals surface area contributed by atoms with Crippen LogP contribution in [-0.2, 0) is 19.1 Å². The Morgan fingerprint density at radius 3 is 1.84 bits per heavy atom. The fraction of sp³-hybridized carbons (Fsp3) is 0.257. The van der Waals surface area contributed by atoms with Gasteiger partial charge in [-0.05, 0) is 99.5 Å². The molecule has 10 heteroatoms. The number of benzene rings is 3. The maximum atomic E-state index is 12.8. The molecule has 0 spiro atoms. The van der Waals surface area contributed by atoms with Gasteiger partial charge in [0, 0.05) is 12.2 Å². The molecule has 0 heterocycles. The maximum Gasteiger partial charge on any atom is 0.343 e. The van der Waals surface area contributed by atoms with Gasteiger partial charge in [-0.15, -0.1) is 0 Å². The Morgan fingerprint density at radius 2 is 1.31 bits per heavy atom. The second kappa shape index (κ2) is 15.9. The summed E-state index contributed by atoms with van der Waals surface area (Å²) in [5, 5.41) is 0. The lowest BCUT2D eigenvalue weighted by atomic mass is 10.1. The van der Waals surface area contributed by atoms with Gasteiger partial charge in [-0.3, -0.25) is 0 Å². The van der Waals surface area contributed by atoms with Crippen LogP contribution in [0.15, 0.2) is 92.0 Å². The molecule has 0 aromatic heterocycles. The standard InChI is InChI=1S/C35H36O10/c1-7-31(36)42-24(5)21-40-27-14-10-25(11-15-27)33(38)43-29-18-19-30(23(4)20-29)44-34(39)26-12-16-28(17-13-26)41-22-35(6,9-3)45-32(37)8-2/h7-8,10-20,24H,1-2,9,21-22H2,3-6H3/t24-,35?/m0/s1. The van der Waals surface area contributed by atoms with Crippen LogP contribution in [0, 0.1) is 6.92 Å². The molecule has 0 N–H and O–H groups in total. The Bertz CT molecular complexity index is 1520. The Hall–Kier alpha value is -5.38. The van der Waals surface area contributed by atoms with Crippen molar-refractivity contribution >= 4 is 23.9 Å². The van der Waals surface area contributed by atoms with Gasteiger partial charge in [-0.2, -0.15) is 0 Å². The minimum atomic E-state index is -0.828. The zero-order chi connectivity index (χ0) is 33.0. The smallest absolute Gasteiger partial charge is 0.343 e. The van der Waals surface area contributed by atoms with Crippen molar-refractivity contribution in [2.24, 2.45) is 0 Å². The first-order valence-electron chi connectivity index (χ1n) is 14.1. The average Bonchev–Trinajstić information content (AvgIpc) is 3.04. The van der Waals surface area contributed by atoms with Crippen LogP contribution >= 0.6 is 0 Å². The number of esters is 4. The van der Waals surface area contributed by atoms with Crippen molar-refractivity contribution in [1.29, 1.82) is 0 Å². The number of rotatable bonds is 15. The number of aryl methyl sites for hydroxylation is 1. The highest BCUT2D eigenvalue weighted by molar-refractivity contribution is 5.92. The second-order valence-electron chi connectivity index (χ2n) is 10.2. The Balaban J connectivity index is 1.53. The first kappa shape index (κ1) is 34.1. The molecule has 0 aliphatic rings. The van der Waals surface area contributed by atoms with Crippen LogP contribution in [0.2, 0.25) is 0 Å². The van der Waals surface area contributed by atoms with Gasteiger partial charge in [0.25, 0.3) is 0 Å². The molecule has 0 saturated carbocycles. The second-order valence-corrected chi connectivity index (χ2v) is 10.2. The topological polar surface area (TPSA) is 124 Å². The zero-order valence-electron chi connectivity index (χ0n) is 25.7. The molecule has 10 nitrogen and oxygen atoms in total. The SMILES string of the molecule is C=CC(=O)O[C@@H](C)COc1ccc(C(=O)Oc2ccc(OC(=O)c3ccc(OCC(C)(CC)OC(=O)C=C)cc3)c(C)c2)cc1. The van der Waals surface area contributed by atoms with E-state index in [4.69, 9.17) is 28.4 Å². The van der Waals surface area contributed by atoms with E-state index in [9.17, 15) is 19.2 Å². The molecule has 236 valence electrons. The summed E-state index contributed by atoms with van der Waals surface area (Å²) in [5.74, 6) is -0.674. The summed E-state index contributed by atoms with van der Waals surface area (Å²) in [7, 11) is 0. The van der Waals surface area contributed by atoms with E-state index < -0.39 is 35.6 Å². The number of ether oxygens (including phenoxy) is 6. The van der Waals surface area contributed by atoms with E-state index in [1.807, 2.05) is 6.92 Å². The monoisotopic (exact) mass is 616 g/mol. The summed E-state index contributed by atoms with van der Waals surface area (Å²) < 4.78 is 32.8. The maximum absolute atomic E-state index is 12.8. The van der Waals surface area contributed by atoms with Crippen LogP contribution in [0.5, 0.6) is 23.0 Å². The van der Waals surface area contributed by atoms with Crippen LogP contribution in [-0.4, -0.2) is 48.8 Å². The van der Waals surface area contributed by atoms with Crippen molar-refractivity contribution in [3.05, 3.63) is 109 Å². The van der Waals surface area contributed by atoms with E-state index in [0.717, 1.165) is 12.2 Å². The molecule has 3 aromatic carbocycles. The van der Waals surface area contributed by atoms with Crippen molar-refractivity contribution in [3.63, 3.8) is 0 Å². The average molecular weight is 617 g/mol. The van der Waals surface area contributed by atoms with E-state index in [1.165, 1.54) is 6.07 Å². The van der Waals surface area contributed by atoms with Gasteiger partial charge in [-0.1, -0.05) is 20.1 Å². The van der Waals surface area contributed by atoms with Crippen molar-refractivity contribution in [2.75, 3.05) is 13.2 Å². The molecule has 0 radical (unpaired) electrons. The van der Waals surface area contributed by atoms with E-state index in [-0.39, 0.29) is 19.0 Å². The molecule has 0 fully saturated rings. The number of carbonyl (C=O) groups excluding carboxylic acids is 4. The molecule has 0 bridgehead atoms. The predicted octanol–water partition coefficient (Wildman–Crippen LogP) is 6.21. The number of hydrogen-bond acceptors (Lipinski definition) is 10. The van der Waals surface area contributed by atoms with Gasteiger partial charge in [0.15, 0.2) is 0 Å². The van der Waals surface area contributed by atoms with Crippen molar-refractivity contribution < 1.29 is 47.6 Å². The first-order chi connectivity index (χ1) is 21.4. The highest BCUT2D eigenvalue weighted by atomic mass is 16.6. The third kappa shape index (κ3) is 10.4. The van der Waals surface area contributed by atoms with Crippen LogP contribution in [0.3, 0.4) is 0 Å². The normalized spacial score (nSPS) is 12.4. The summed E-state index contributed by atoms with van der Waals surface area (Å²) in [6, 6.07) is 17.4. The lowest BCUT2D eigenvalue weighted by molar-refractivity contribution is -0.155. The van der Waals surface area contributed by atoms with Crippen molar-refractivity contribution in [1.82, 2.24) is 0 Å². The number of hydrogen-bond donors (Lipinski definition) is 0. The molecule has 0 aliphatic heterocycles. The van der Waals surface area contributed by atoms with Gasteiger partial charge in [0.05, 0.1) is 11.1 Å². The summed E-state index contributed by atoms with van der Waals surface area (Å²) in [5.41, 5.74) is 0.348. The van der Waals surface area contributed by atoms with Crippen LogP contribution in [0.25, 0.3) is 0 Å². The summed E-state index contributed by atoms with van der Waals surface area (Å²) in [6.07, 6.45) is 2.24. The van der Waals surface area contributed by atoms with Crippen molar-refractivity contribution in [3.8, 4) is 23.0 Å². The highest BCUT2D eigenvalue weighted by Crippen LogP contribution is 2.26. The van der Waals surface area contributed by atoms with Crippen LogP contribution < -0.4 is 18.9 Å². The van der Waals surface area contributed by atoms with Crippen molar-refractivity contribution in [2.45, 2.75) is 45.8 Å². The molecule has 0 saturated heterocycles. The van der Waals surface area contributed by atoms with Gasteiger partial charge in [-0.25, -0.2) is 19.2 Å². The van der Waals surface area contributed by atoms with Gasteiger partial charge in [0.1, 0.15) is 47.9 Å². The summed E-state index contributed by atoms with van der Waals surface area (Å²) in [6.45, 7) is 14.1. The predicted molar refractivity (Wildman–Crippen MR) is 166 cm³/mol. The highest BCUT2D eigenvalue weighted by Gasteiger charge is 2.27. The molecular weight excluding hydrogens is 580 g/mol. The van der Waals surface area contributed by atoms with Gasteiger partial charge in [0.2, 0.25) is 0 Å². The molecule has 0 amide bonds. The summed E-state index contributed by atoms with van der Waals surface area (Å²) >= 11 is 0. The van der Waals surface area contributed by atoms with Crippen LogP contribution in [0.1, 0.15) is 53.5 Å². The minimum absolute atomic E-state index is 0.124. The fourth-order valence-corrected chi connectivity index (χ4v) is 3.72.